The molecule has 1 aromatic rings. The Morgan fingerprint density at radius 2 is 2.33 bits per heavy atom. The fourth-order valence-corrected chi connectivity index (χ4v) is 2.56. The Balaban J connectivity index is 1.87. The fourth-order valence-electron chi connectivity index (χ4n) is 2.56. The zero-order valence-corrected chi connectivity index (χ0v) is 11.9. The molecule has 1 aliphatic rings. The molecule has 0 radical (unpaired) electrons. The lowest BCUT2D eigenvalue weighted by Gasteiger charge is -2.38. The Bertz CT molecular complexity index is 498. The first-order valence-electron chi connectivity index (χ1n) is 7.08. The van der Waals surface area contributed by atoms with Gasteiger partial charge >= 0.3 is 0 Å². The van der Waals surface area contributed by atoms with Gasteiger partial charge in [0.25, 0.3) is 0 Å². The van der Waals surface area contributed by atoms with Gasteiger partial charge in [0.2, 0.25) is 5.91 Å². The van der Waals surface area contributed by atoms with Crippen molar-refractivity contribution in [2.45, 2.75) is 24.9 Å². The maximum Gasteiger partial charge on any atom is 0.218 e. The largest absolute Gasteiger partial charge is 0.490 e. The number of halogens is 1. The second-order valence-corrected chi connectivity index (χ2v) is 5.57. The predicted octanol–water partition coefficient (Wildman–Crippen LogP) is 0.907. The number of benzene rings is 1. The van der Waals surface area contributed by atoms with Gasteiger partial charge in [0.15, 0.2) is 0 Å². The number of β-amino-alcohol motifs (C(OH)–C–C–N with tert-alkyl or cyclic N) is 1. The molecule has 0 aromatic heterocycles. The summed E-state index contributed by atoms with van der Waals surface area (Å²) in [5, 5.41) is 10.6. The van der Waals surface area contributed by atoms with Gasteiger partial charge in [-0.15, -0.1) is 0 Å². The summed E-state index contributed by atoms with van der Waals surface area (Å²) < 4.78 is 18.6. The van der Waals surface area contributed by atoms with Crippen molar-refractivity contribution in [3.8, 4) is 5.75 Å². The number of nitrogens with two attached hydrogens (primary N) is 1. The third-order valence-corrected chi connectivity index (χ3v) is 3.61. The van der Waals surface area contributed by atoms with Crippen LogP contribution in [0, 0.1) is 5.82 Å². The maximum absolute atomic E-state index is 13.1. The normalized spacial score (nSPS) is 23.0. The Hall–Kier alpha value is -1.66. The van der Waals surface area contributed by atoms with Crippen LogP contribution in [0.25, 0.3) is 0 Å². The van der Waals surface area contributed by atoms with Gasteiger partial charge in [-0.1, -0.05) is 6.07 Å². The highest BCUT2D eigenvalue weighted by Crippen LogP contribution is 2.23. The van der Waals surface area contributed by atoms with Crippen molar-refractivity contribution in [1.29, 1.82) is 0 Å². The third-order valence-electron chi connectivity index (χ3n) is 3.61. The minimum Gasteiger partial charge on any atom is -0.490 e. The van der Waals surface area contributed by atoms with Crippen LogP contribution in [-0.2, 0) is 4.79 Å². The van der Waals surface area contributed by atoms with Crippen LogP contribution in [0.1, 0.15) is 19.3 Å². The molecule has 3 N–H and O–H groups in total. The number of hydrogen-bond acceptors (Lipinski definition) is 4. The predicted molar refractivity (Wildman–Crippen MR) is 76.3 cm³/mol. The van der Waals surface area contributed by atoms with E-state index in [9.17, 15) is 14.3 Å². The van der Waals surface area contributed by atoms with Crippen molar-refractivity contribution in [2.75, 3.05) is 26.2 Å². The standard InChI is InChI=1S/C15H21FN2O3/c16-12-3-1-4-13(9-12)21-11-15(20)6-2-7-18(10-15)8-5-14(17)19/h1,3-4,9,20H,2,5-8,10-11H2,(H2,17,19)/t15-/m0/s1. The number of carbonyl (C=O) groups excluding carboxylic acids is 1. The van der Waals surface area contributed by atoms with E-state index in [0.29, 0.717) is 25.3 Å². The Labute approximate surface area is 123 Å². The Morgan fingerprint density at radius 3 is 3.05 bits per heavy atom. The molecule has 0 spiro atoms. The highest BCUT2D eigenvalue weighted by Gasteiger charge is 2.34. The SMILES string of the molecule is NC(=O)CCN1CCC[C@@](O)(COc2cccc(F)c2)C1. The molecule has 0 bridgehead atoms. The van der Waals surface area contributed by atoms with Crippen LogP contribution < -0.4 is 10.5 Å². The lowest BCUT2D eigenvalue weighted by atomic mass is 9.93. The molecule has 6 heteroatoms. The number of piperidine rings is 1. The first kappa shape index (κ1) is 15.7. The molecule has 1 atom stereocenters. The van der Waals surface area contributed by atoms with E-state index in [1.807, 2.05) is 4.90 Å². The smallest absolute Gasteiger partial charge is 0.218 e. The zero-order chi connectivity index (χ0) is 15.3. The van der Waals surface area contributed by atoms with E-state index >= 15 is 0 Å². The van der Waals surface area contributed by atoms with Crippen LogP contribution in [0.15, 0.2) is 24.3 Å². The van der Waals surface area contributed by atoms with Crippen molar-refractivity contribution in [2.24, 2.45) is 5.73 Å². The van der Waals surface area contributed by atoms with Crippen LogP contribution in [0.4, 0.5) is 4.39 Å². The highest BCUT2D eigenvalue weighted by atomic mass is 19.1. The molecule has 1 aliphatic heterocycles. The lowest BCUT2D eigenvalue weighted by Crippen LogP contribution is -2.52. The molecular formula is C15H21FN2O3. The highest BCUT2D eigenvalue weighted by molar-refractivity contribution is 5.73. The molecule has 1 amide bonds. The molecule has 0 saturated carbocycles. The molecule has 2 rings (SSSR count). The van der Waals surface area contributed by atoms with Gasteiger partial charge in [-0.3, -0.25) is 9.69 Å². The van der Waals surface area contributed by atoms with Crippen LogP contribution >= 0.6 is 0 Å². The van der Waals surface area contributed by atoms with Gasteiger partial charge in [0, 0.05) is 25.6 Å². The number of hydrogen-bond donors (Lipinski definition) is 2. The van der Waals surface area contributed by atoms with Crippen molar-refractivity contribution >= 4 is 5.91 Å². The number of ether oxygens (including phenoxy) is 1. The maximum atomic E-state index is 13.1. The van der Waals surface area contributed by atoms with E-state index in [0.717, 1.165) is 13.0 Å². The van der Waals surface area contributed by atoms with E-state index in [4.69, 9.17) is 10.5 Å². The molecule has 5 nitrogen and oxygen atoms in total. The third kappa shape index (κ3) is 4.99. The summed E-state index contributed by atoms with van der Waals surface area (Å²) in [6.07, 6.45) is 1.72. The molecule has 0 aliphatic carbocycles. The van der Waals surface area contributed by atoms with Crippen LogP contribution in [0.5, 0.6) is 5.75 Å². The second kappa shape index (κ2) is 6.87. The molecule has 1 saturated heterocycles. The summed E-state index contributed by atoms with van der Waals surface area (Å²) in [7, 11) is 0. The first-order valence-corrected chi connectivity index (χ1v) is 7.08. The number of nitrogens with zero attached hydrogens (tertiary/aromatic N) is 1. The van der Waals surface area contributed by atoms with E-state index in [1.54, 1.807) is 12.1 Å². The lowest BCUT2D eigenvalue weighted by molar-refractivity contribution is -0.119. The average molecular weight is 296 g/mol. The summed E-state index contributed by atoms with van der Waals surface area (Å²) in [5.74, 6) is -0.316. The van der Waals surface area contributed by atoms with Crippen molar-refractivity contribution in [3.05, 3.63) is 30.1 Å². The van der Waals surface area contributed by atoms with Crippen LogP contribution in [0.3, 0.4) is 0 Å². The van der Waals surface area contributed by atoms with Crippen molar-refractivity contribution < 1.29 is 19.0 Å². The van der Waals surface area contributed by atoms with Gasteiger partial charge < -0.3 is 15.6 Å². The van der Waals surface area contributed by atoms with Crippen LogP contribution in [0.2, 0.25) is 0 Å². The second-order valence-electron chi connectivity index (χ2n) is 5.57. The molecule has 1 fully saturated rings. The van der Waals surface area contributed by atoms with Gasteiger partial charge in [0.05, 0.1) is 0 Å². The molecule has 116 valence electrons. The van der Waals surface area contributed by atoms with Gasteiger partial charge in [-0.05, 0) is 31.5 Å². The van der Waals surface area contributed by atoms with Gasteiger partial charge in [-0.2, -0.15) is 0 Å². The summed E-state index contributed by atoms with van der Waals surface area (Å²) in [6, 6.07) is 5.85. The summed E-state index contributed by atoms with van der Waals surface area (Å²) >= 11 is 0. The first-order chi connectivity index (χ1) is 9.97. The average Bonchev–Trinajstić information content (AvgIpc) is 2.43. The summed E-state index contributed by atoms with van der Waals surface area (Å²) in [5.41, 5.74) is 4.15. The number of likely N-dealkylation sites (tertiary alicyclic amines) is 1. The van der Waals surface area contributed by atoms with Crippen molar-refractivity contribution in [1.82, 2.24) is 4.90 Å². The minimum absolute atomic E-state index is 0.101. The summed E-state index contributed by atoms with van der Waals surface area (Å²) in [6.45, 7) is 1.90. The zero-order valence-electron chi connectivity index (χ0n) is 11.9. The van der Waals surface area contributed by atoms with E-state index in [1.165, 1.54) is 12.1 Å². The van der Waals surface area contributed by atoms with E-state index < -0.39 is 5.60 Å². The Kier molecular flexibility index (Phi) is 5.14. The molecule has 0 unspecified atom stereocenters. The Morgan fingerprint density at radius 1 is 1.52 bits per heavy atom. The number of aliphatic hydroxyl groups is 1. The topological polar surface area (TPSA) is 75.8 Å². The number of carbonyl (C=O) groups is 1. The number of primary amides is 1. The number of rotatable bonds is 6. The molecular weight excluding hydrogens is 275 g/mol. The quantitative estimate of drug-likeness (QED) is 0.818. The number of amides is 1. The monoisotopic (exact) mass is 296 g/mol. The van der Waals surface area contributed by atoms with Gasteiger partial charge in [0.1, 0.15) is 23.8 Å². The van der Waals surface area contributed by atoms with Crippen molar-refractivity contribution in [3.63, 3.8) is 0 Å². The fraction of sp³-hybridized carbons (Fsp3) is 0.533. The van der Waals surface area contributed by atoms with E-state index in [-0.39, 0.29) is 24.8 Å². The van der Waals surface area contributed by atoms with Crippen LogP contribution in [-0.4, -0.2) is 47.8 Å². The minimum atomic E-state index is -0.984. The molecule has 21 heavy (non-hydrogen) atoms. The van der Waals surface area contributed by atoms with E-state index in [2.05, 4.69) is 0 Å². The molecule has 1 heterocycles. The molecule has 1 aromatic carbocycles. The van der Waals surface area contributed by atoms with Gasteiger partial charge in [-0.25, -0.2) is 4.39 Å². The summed E-state index contributed by atoms with van der Waals surface area (Å²) in [4.78, 5) is 12.8.